The van der Waals surface area contributed by atoms with E-state index in [1.165, 1.54) is 0 Å². The second kappa shape index (κ2) is 7.71. The third-order valence-corrected chi connectivity index (χ3v) is 3.60. The summed E-state index contributed by atoms with van der Waals surface area (Å²) in [5, 5.41) is 3.31. The van der Waals surface area contributed by atoms with Crippen LogP contribution in [-0.4, -0.2) is 26.6 Å². The van der Waals surface area contributed by atoms with Gasteiger partial charge in [0, 0.05) is 31.4 Å². The lowest BCUT2D eigenvalue weighted by molar-refractivity contribution is -0.116. The van der Waals surface area contributed by atoms with Crippen LogP contribution in [0.25, 0.3) is 0 Å². The van der Waals surface area contributed by atoms with Crippen LogP contribution in [0.5, 0.6) is 5.75 Å². The predicted molar refractivity (Wildman–Crippen MR) is 91.0 cm³/mol. The smallest absolute Gasteiger partial charge is 0.226 e. The Balaban J connectivity index is 1.87. The highest BCUT2D eigenvalue weighted by molar-refractivity contribution is 6.32. The van der Waals surface area contributed by atoms with E-state index in [9.17, 15) is 4.79 Å². The Bertz CT molecular complexity index is 632. The van der Waals surface area contributed by atoms with E-state index in [2.05, 4.69) is 5.32 Å². The number of methoxy groups -OCH3 is 1. The lowest BCUT2D eigenvalue weighted by atomic mass is 10.2. The number of benzene rings is 2. The summed E-state index contributed by atoms with van der Waals surface area (Å²) in [7, 11) is 3.52. The van der Waals surface area contributed by atoms with Crippen LogP contribution < -0.4 is 15.0 Å². The molecule has 116 valence electrons. The number of nitrogens with one attached hydrogen (secondary N) is 1. The molecule has 0 atom stereocenters. The molecule has 1 N–H and O–H groups in total. The number of carbonyl (C=O) groups is 1. The molecule has 4 nitrogen and oxygen atoms in total. The Labute approximate surface area is 135 Å². The maximum Gasteiger partial charge on any atom is 0.226 e. The number of halogens is 1. The lowest BCUT2D eigenvalue weighted by Gasteiger charge is -2.18. The van der Waals surface area contributed by atoms with Crippen LogP contribution in [0.2, 0.25) is 5.02 Å². The number of ether oxygens (including phenoxy) is 1. The summed E-state index contributed by atoms with van der Waals surface area (Å²) in [6.45, 7) is 0.639. The van der Waals surface area contributed by atoms with E-state index in [-0.39, 0.29) is 5.91 Å². The van der Waals surface area contributed by atoms with Crippen LogP contribution in [0.4, 0.5) is 11.4 Å². The van der Waals surface area contributed by atoms with E-state index in [0.29, 0.717) is 29.4 Å². The fraction of sp³-hybridized carbons (Fsp3) is 0.235. The fourth-order valence-electron chi connectivity index (χ4n) is 2.05. The second-order valence-electron chi connectivity index (χ2n) is 4.90. The zero-order valence-corrected chi connectivity index (χ0v) is 13.4. The van der Waals surface area contributed by atoms with Gasteiger partial charge in [-0.25, -0.2) is 0 Å². The van der Waals surface area contributed by atoms with Crippen molar-refractivity contribution in [3.63, 3.8) is 0 Å². The van der Waals surface area contributed by atoms with Gasteiger partial charge in [-0.1, -0.05) is 29.8 Å². The highest BCUT2D eigenvalue weighted by Gasteiger charge is 2.07. The van der Waals surface area contributed by atoms with Gasteiger partial charge in [0.05, 0.1) is 12.1 Å². The van der Waals surface area contributed by atoms with Gasteiger partial charge in [-0.2, -0.15) is 0 Å². The number of carbonyl (C=O) groups excluding carboxylic acids is 1. The first kappa shape index (κ1) is 16.2. The average molecular weight is 319 g/mol. The molecule has 2 rings (SSSR count). The van der Waals surface area contributed by atoms with Crippen LogP contribution in [-0.2, 0) is 4.79 Å². The largest absolute Gasteiger partial charge is 0.495 e. The van der Waals surface area contributed by atoms with Gasteiger partial charge in [0.15, 0.2) is 0 Å². The summed E-state index contributed by atoms with van der Waals surface area (Å²) in [4.78, 5) is 14.0. The van der Waals surface area contributed by atoms with Crippen molar-refractivity contribution >= 4 is 28.9 Å². The summed E-state index contributed by atoms with van der Waals surface area (Å²) >= 11 is 6.04. The number of rotatable bonds is 6. The third-order valence-electron chi connectivity index (χ3n) is 3.31. The molecule has 0 aliphatic carbocycles. The molecule has 0 aromatic heterocycles. The molecule has 5 heteroatoms. The molecule has 0 spiro atoms. The number of hydrogen-bond acceptors (Lipinski definition) is 3. The van der Waals surface area contributed by atoms with Crippen LogP contribution >= 0.6 is 11.6 Å². The van der Waals surface area contributed by atoms with Crippen molar-refractivity contribution in [1.29, 1.82) is 0 Å². The number of anilines is 2. The molecule has 0 saturated heterocycles. The minimum atomic E-state index is -0.0518. The Hall–Kier alpha value is -2.20. The average Bonchev–Trinajstić information content (AvgIpc) is 2.53. The fourth-order valence-corrected chi connectivity index (χ4v) is 2.31. The monoisotopic (exact) mass is 318 g/mol. The molecule has 0 fully saturated rings. The quantitative estimate of drug-likeness (QED) is 0.880. The second-order valence-corrected chi connectivity index (χ2v) is 5.31. The maximum atomic E-state index is 12.0. The van der Waals surface area contributed by atoms with Gasteiger partial charge in [-0.15, -0.1) is 0 Å². The Kier molecular flexibility index (Phi) is 5.67. The van der Waals surface area contributed by atoms with Crippen molar-refractivity contribution in [2.24, 2.45) is 0 Å². The number of nitrogens with zero attached hydrogens (tertiary/aromatic N) is 1. The van der Waals surface area contributed by atoms with Crippen LogP contribution in [0.15, 0.2) is 48.5 Å². The highest BCUT2D eigenvalue weighted by atomic mass is 35.5. The lowest BCUT2D eigenvalue weighted by Crippen LogP contribution is -2.23. The molecule has 1 amide bonds. The van der Waals surface area contributed by atoms with Gasteiger partial charge < -0.3 is 15.0 Å². The molecule has 0 saturated carbocycles. The topological polar surface area (TPSA) is 41.6 Å². The van der Waals surface area contributed by atoms with Crippen molar-refractivity contribution in [2.75, 3.05) is 30.9 Å². The van der Waals surface area contributed by atoms with E-state index < -0.39 is 0 Å². The molecule has 2 aromatic rings. The van der Waals surface area contributed by atoms with Crippen LogP contribution in [0.3, 0.4) is 0 Å². The summed E-state index contributed by atoms with van der Waals surface area (Å²) in [6.07, 6.45) is 0.398. The Morgan fingerprint density at radius 3 is 2.59 bits per heavy atom. The first-order chi connectivity index (χ1) is 10.6. The molecule has 0 aliphatic heterocycles. The standard InChI is InChI=1S/C17H19ClN2O2/c1-20(14-6-4-3-5-7-14)11-10-17(21)19-13-8-9-16(22-2)15(18)12-13/h3-9,12H,10-11H2,1-2H3,(H,19,21). The maximum absolute atomic E-state index is 12.0. The summed E-state index contributed by atoms with van der Waals surface area (Å²) in [5.74, 6) is 0.535. The summed E-state index contributed by atoms with van der Waals surface area (Å²) < 4.78 is 5.08. The van der Waals surface area contributed by atoms with Crippen molar-refractivity contribution in [3.8, 4) is 5.75 Å². The SMILES string of the molecule is COc1ccc(NC(=O)CCN(C)c2ccccc2)cc1Cl. The number of amides is 1. The van der Waals surface area contributed by atoms with E-state index >= 15 is 0 Å². The third kappa shape index (κ3) is 4.40. The highest BCUT2D eigenvalue weighted by Crippen LogP contribution is 2.27. The van der Waals surface area contributed by atoms with E-state index in [1.807, 2.05) is 42.3 Å². The van der Waals surface area contributed by atoms with Crippen LogP contribution in [0, 0.1) is 0 Å². The van der Waals surface area contributed by atoms with Gasteiger partial charge in [0.2, 0.25) is 5.91 Å². The minimum absolute atomic E-state index is 0.0518. The first-order valence-corrected chi connectivity index (χ1v) is 7.37. The number of para-hydroxylation sites is 1. The zero-order chi connectivity index (χ0) is 15.9. The predicted octanol–water partition coefficient (Wildman–Crippen LogP) is 3.81. The van der Waals surface area contributed by atoms with Crippen LogP contribution in [0.1, 0.15) is 6.42 Å². The first-order valence-electron chi connectivity index (χ1n) is 6.99. The van der Waals surface area contributed by atoms with Crippen molar-refractivity contribution in [3.05, 3.63) is 53.6 Å². The van der Waals surface area contributed by atoms with E-state index in [4.69, 9.17) is 16.3 Å². The molecule has 0 unspecified atom stereocenters. The molecule has 22 heavy (non-hydrogen) atoms. The molecular weight excluding hydrogens is 300 g/mol. The van der Waals surface area contributed by atoms with E-state index in [1.54, 1.807) is 25.3 Å². The zero-order valence-electron chi connectivity index (χ0n) is 12.7. The molecular formula is C17H19ClN2O2. The summed E-state index contributed by atoms with van der Waals surface area (Å²) in [5.41, 5.74) is 1.75. The normalized spacial score (nSPS) is 10.1. The number of hydrogen-bond donors (Lipinski definition) is 1. The van der Waals surface area contributed by atoms with Gasteiger partial charge >= 0.3 is 0 Å². The van der Waals surface area contributed by atoms with Gasteiger partial charge in [0.1, 0.15) is 5.75 Å². The molecule has 0 radical (unpaired) electrons. The van der Waals surface area contributed by atoms with E-state index in [0.717, 1.165) is 5.69 Å². The van der Waals surface area contributed by atoms with Gasteiger partial charge in [0.25, 0.3) is 0 Å². The van der Waals surface area contributed by atoms with Crippen molar-refractivity contribution in [2.45, 2.75) is 6.42 Å². The molecule has 0 aliphatic rings. The van der Waals surface area contributed by atoms with Crippen molar-refractivity contribution in [1.82, 2.24) is 0 Å². The molecule has 0 heterocycles. The Morgan fingerprint density at radius 2 is 1.95 bits per heavy atom. The molecule has 0 bridgehead atoms. The molecule has 2 aromatic carbocycles. The van der Waals surface area contributed by atoms with Crippen molar-refractivity contribution < 1.29 is 9.53 Å². The summed E-state index contributed by atoms with van der Waals surface area (Å²) in [6, 6.07) is 15.1. The van der Waals surface area contributed by atoms with Gasteiger partial charge in [-0.3, -0.25) is 4.79 Å². The Morgan fingerprint density at radius 1 is 1.23 bits per heavy atom. The van der Waals surface area contributed by atoms with Gasteiger partial charge in [-0.05, 0) is 30.3 Å². The minimum Gasteiger partial charge on any atom is -0.495 e.